The first-order valence-electron chi connectivity index (χ1n) is 5.53. The molecular weight excluding hydrogens is 200 g/mol. The van der Waals surface area contributed by atoms with Gasteiger partial charge in [-0.3, -0.25) is 4.79 Å². The van der Waals surface area contributed by atoms with Crippen molar-refractivity contribution in [1.82, 2.24) is 0 Å². The minimum Gasteiger partial charge on any atom is -0.497 e. The van der Waals surface area contributed by atoms with Crippen LogP contribution < -0.4 is 4.74 Å². The van der Waals surface area contributed by atoms with Gasteiger partial charge < -0.3 is 4.74 Å². The highest BCUT2D eigenvalue weighted by atomic mass is 16.5. The summed E-state index contributed by atoms with van der Waals surface area (Å²) < 4.78 is 5.10. The SMILES string of the molecule is CCC/C(=C/C(C)=O)c1ccc(OC)cc1. The van der Waals surface area contributed by atoms with E-state index >= 15 is 0 Å². The van der Waals surface area contributed by atoms with Gasteiger partial charge in [-0.25, -0.2) is 0 Å². The number of carbonyl (C=O) groups is 1. The maximum absolute atomic E-state index is 11.1. The molecular formula is C14H18O2. The third-order valence-electron chi connectivity index (χ3n) is 2.36. The van der Waals surface area contributed by atoms with Crippen molar-refractivity contribution in [3.8, 4) is 5.75 Å². The average molecular weight is 218 g/mol. The number of carbonyl (C=O) groups excluding carboxylic acids is 1. The summed E-state index contributed by atoms with van der Waals surface area (Å²) in [5, 5.41) is 0. The lowest BCUT2D eigenvalue weighted by molar-refractivity contribution is -0.112. The lowest BCUT2D eigenvalue weighted by Gasteiger charge is -2.07. The summed E-state index contributed by atoms with van der Waals surface area (Å²) in [7, 11) is 1.65. The molecule has 2 nitrogen and oxygen atoms in total. The Kier molecular flexibility index (Phi) is 4.77. The molecule has 1 aromatic rings. The molecule has 0 saturated carbocycles. The second kappa shape index (κ2) is 6.11. The van der Waals surface area contributed by atoms with Gasteiger partial charge in [0.2, 0.25) is 0 Å². The van der Waals surface area contributed by atoms with Gasteiger partial charge in [0.1, 0.15) is 5.75 Å². The monoisotopic (exact) mass is 218 g/mol. The highest BCUT2D eigenvalue weighted by Crippen LogP contribution is 2.22. The van der Waals surface area contributed by atoms with E-state index in [1.54, 1.807) is 20.1 Å². The quantitative estimate of drug-likeness (QED) is 0.707. The first-order chi connectivity index (χ1) is 7.67. The van der Waals surface area contributed by atoms with Crippen molar-refractivity contribution in [1.29, 1.82) is 0 Å². The minimum absolute atomic E-state index is 0.0965. The molecule has 1 rings (SSSR count). The van der Waals surface area contributed by atoms with E-state index in [9.17, 15) is 4.79 Å². The van der Waals surface area contributed by atoms with Crippen molar-refractivity contribution >= 4 is 11.4 Å². The molecule has 0 fully saturated rings. The smallest absolute Gasteiger partial charge is 0.152 e. The molecule has 0 heterocycles. The first kappa shape index (κ1) is 12.5. The first-order valence-corrected chi connectivity index (χ1v) is 5.53. The Morgan fingerprint density at radius 2 is 1.94 bits per heavy atom. The summed E-state index contributed by atoms with van der Waals surface area (Å²) in [6, 6.07) is 7.81. The highest BCUT2D eigenvalue weighted by molar-refractivity contribution is 5.95. The van der Waals surface area contributed by atoms with Gasteiger partial charge in [0.25, 0.3) is 0 Å². The highest BCUT2D eigenvalue weighted by Gasteiger charge is 2.02. The zero-order chi connectivity index (χ0) is 12.0. The lowest BCUT2D eigenvalue weighted by Crippen LogP contribution is -1.90. The van der Waals surface area contributed by atoms with Crippen molar-refractivity contribution < 1.29 is 9.53 Å². The molecule has 0 atom stereocenters. The maximum Gasteiger partial charge on any atom is 0.152 e. The van der Waals surface area contributed by atoms with E-state index in [0.717, 1.165) is 29.7 Å². The van der Waals surface area contributed by atoms with Crippen LogP contribution >= 0.6 is 0 Å². The molecule has 0 saturated heterocycles. The molecule has 0 aromatic heterocycles. The predicted octanol–water partition coefficient (Wildman–Crippen LogP) is 3.47. The standard InChI is InChI=1S/C14H18O2/c1-4-5-13(10-11(2)15)12-6-8-14(16-3)9-7-12/h6-10H,4-5H2,1-3H3/b13-10-. The molecule has 0 unspecified atom stereocenters. The topological polar surface area (TPSA) is 26.3 Å². The van der Waals surface area contributed by atoms with Crippen LogP contribution in [0.25, 0.3) is 5.57 Å². The van der Waals surface area contributed by atoms with Crippen LogP contribution in [0.5, 0.6) is 5.75 Å². The normalized spacial score (nSPS) is 11.3. The minimum atomic E-state index is 0.0965. The van der Waals surface area contributed by atoms with Crippen LogP contribution in [-0.4, -0.2) is 12.9 Å². The number of ketones is 1. The summed E-state index contributed by atoms with van der Waals surface area (Å²) >= 11 is 0. The van der Waals surface area contributed by atoms with Gasteiger partial charge >= 0.3 is 0 Å². The fourth-order valence-electron chi connectivity index (χ4n) is 1.62. The third-order valence-corrected chi connectivity index (χ3v) is 2.36. The van der Waals surface area contributed by atoms with E-state index in [1.165, 1.54) is 0 Å². The number of ether oxygens (including phenoxy) is 1. The number of rotatable bonds is 5. The van der Waals surface area contributed by atoms with Crippen LogP contribution in [0.2, 0.25) is 0 Å². The van der Waals surface area contributed by atoms with Crippen molar-refractivity contribution in [3.05, 3.63) is 35.9 Å². The number of hydrogen-bond donors (Lipinski definition) is 0. The molecule has 0 aliphatic rings. The second-order valence-corrected chi connectivity index (χ2v) is 3.76. The largest absolute Gasteiger partial charge is 0.497 e. The van der Waals surface area contributed by atoms with Gasteiger partial charge in [0, 0.05) is 0 Å². The molecule has 86 valence electrons. The lowest BCUT2D eigenvalue weighted by atomic mass is 10.00. The van der Waals surface area contributed by atoms with E-state index < -0.39 is 0 Å². The van der Waals surface area contributed by atoms with Crippen molar-refractivity contribution in [2.45, 2.75) is 26.7 Å². The number of methoxy groups -OCH3 is 1. The van der Waals surface area contributed by atoms with Gasteiger partial charge in [0.15, 0.2) is 5.78 Å². The summed E-state index contributed by atoms with van der Waals surface area (Å²) in [5.41, 5.74) is 2.19. The van der Waals surface area contributed by atoms with E-state index in [4.69, 9.17) is 4.74 Å². The van der Waals surface area contributed by atoms with E-state index in [2.05, 4.69) is 6.92 Å². The summed E-state index contributed by atoms with van der Waals surface area (Å²) in [4.78, 5) is 11.1. The van der Waals surface area contributed by atoms with Crippen molar-refractivity contribution in [2.24, 2.45) is 0 Å². The van der Waals surface area contributed by atoms with Gasteiger partial charge in [-0.1, -0.05) is 25.5 Å². The van der Waals surface area contributed by atoms with E-state index in [0.29, 0.717) is 0 Å². The summed E-state index contributed by atoms with van der Waals surface area (Å²) in [5.74, 6) is 0.932. The molecule has 0 aliphatic heterocycles. The molecule has 16 heavy (non-hydrogen) atoms. The van der Waals surface area contributed by atoms with Gasteiger partial charge in [-0.05, 0) is 42.7 Å². The average Bonchev–Trinajstić information content (AvgIpc) is 2.28. The fraction of sp³-hybridized carbons (Fsp3) is 0.357. The molecule has 0 radical (unpaired) electrons. The fourth-order valence-corrected chi connectivity index (χ4v) is 1.62. The number of hydrogen-bond acceptors (Lipinski definition) is 2. The van der Waals surface area contributed by atoms with Gasteiger partial charge in [0.05, 0.1) is 7.11 Å². The Labute approximate surface area is 96.9 Å². The summed E-state index contributed by atoms with van der Waals surface area (Å²) in [6.45, 7) is 3.69. The molecule has 0 N–H and O–H groups in total. The zero-order valence-electron chi connectivity index (χ0n) is 10.1. The molecule has 0 bridgehead atoms. The van der Waals surface area contributed by atoms with E-state index in [1.807, 2.05) is 24.3 Å². The Morgan fingerprint density at radius 3 is 2.38 bits per heavy atom. The third kappa shape index (κ3) is 3.54. The second-order valence-electron chi connectivity index (χ2n) is 3.76. The molecule has 0 amide bonds. The van der Waals surface area contributed by atoms with E-state index in [-0.39, 0.29) is 5.78 Å². The van der Waals surface area contributed by atoms with Gasteiger partial charge in [-0.2, -0.15) is 0 Å². The zero-order valence-corrected chi connectivity index (χ0v) is 10.1. The van der Waals surface area contributed by atoms with Gasteiger partial charge in [-0.15, -0.1) is 0 Å². The van der Waals surface area contributed by atoms with Crippen LogP contribution in [0, 0.1) is 0 Å². The number of benzene rings is 1. The van der Waals surface area contributed by atoms with Crippen molar-refractivity contribution in [3.63, 3.8) is 0 Å². The van der Waals surface area contributed by atoms with Crippen LogP contribution in [0.4, 0.5) is 0 Å². The Morgan fingerprint density at radius 1 is 1.31 bits per heavy atom. The molecule has 0 spiro atoms. The molecule has 1 aromatic carbocycles. The van der Waals surface area contributed by atoms with Crippen molar-refractivity contribution in [2.75, 3.05) is 7.11 Å². The van der Waals surface area contributed by atoms with Crippen LogP contribution in [0.3, 0.4) is 0 Å². The summed E-state index contributed by atoms with van der Waals surface area (Å²) in [6.07, 6.45) is 3.67. The van der Waals surface area contributed by atoms with Crippen LogP contribution in [0.1, 0.15) is 32.3 Å². The Balaban J connectivity index is 2.97. The molecule has 2 heteroatoms. The van der Waals surface area contributed by atoms with Crippen LogP contribution in [0.15, 0.2) is 30.3 Å². The molecule has 0 aliphatic carbocycles. The number of allylic oxidation sites excluding steroid dienone is 2. The predicted molar refractivity (Wildman–Crippen MR) is 66.6 cm³/mol. The maximum atomic E-state index is 11.1. The Hall–Kier alpha value is -1.57. The Bertz CT molecular complexity index is 374. The van der Waals surface area contributed by atoms with Crippen LogP contribution in [-0.2, 0) is 4.79 Å².